The van der Waals surface area contributed by atoms with E-state index in [0.29, 0.717) is 30.3 Å². The van der Waals surface area contributed by atoms with E-state index in [4.69, 9.17) is 9.47 Å². The molecule has 4 aromatic carbocycles. The topological polar surface area (TPSA) is 18.5 Å². The zero-order valence-corrected chi connectivity index (χ0v) is 25.9. The van der Waals surface area contributed by atoms with Gasteiger partial charge in [0.25, 0.3) is 0 Å². The van der Waals surface area contributed by atoms with Gasteiger partial charge in [0.2, 0.25) is 11.6 Å². The molecule has 0 radical (unpaired) electrons. The molecule has 4 aromatic rings. The number of rotatable bonds is 16. The fraction of sp³-hybridized carbons (Fsp3) is 0.368. The van der Waals surface area contributed by atoms with Crippen molar-refractivity contribution in [1.29, 1.82) is 0 Å². The lowest BCUT2D eigenvalue weighted by Gasteiger charge is -2.13. The first-order valence-electron chi connectivity index (χ1n) is 15.6. The van der Waals surface area contributed by atoms with Crippen LogP contribution in [0, 0.1) is 43.0 Å². The molecule has 0 saturated heterocycles. The van der Waals surface area contributed by atoms with Crippen LogP contribution in [0.3, 0.4) is 0 Å². The smallest absolute Gasteiger partial charge is 0.201 e. The molecule has 0 spiro atoms. The van der Waals surface area contributed by atoms with Crippen molar-refractivity contribution in [2.45, 2.75) is 72.1 Å². The highest BCUT2D eigenvalue weighted by Crippen LogP contribution is 2.31. The fourth-order valence-corrected chi connectivity index (χ4v) is 5.25. The molecular formula is C38H42F4O2. The molecule has 0 fully saturated rings. The van der Waals surface area contributed by atoms with Crippen LogP contribution in [0.5, 0.6) is 11.5 Å². The predicted molar refractivity (Wildman–Crippen MR) is 170 cm³/mol. The van der Waals surface area contributed by atoms with Crippen molar-refractivity contribution < 1.29 is 27.0 Å². The monoisotopic (exact) mass is 606 g/mol. The molecule has 0 bridgehead atoms. The Hall–Kier alpha value is -3.80. The Labute approximate surface area is 259 Å². The third-order valence-corrected chi connectivity index (χ3v) is 8.02. The second kappa shape index (κ2) is 16.3. The molecule has 0 N–H and O–H groups in total. The highest BCUT2D eigenvalue weighted by atomic mass is 19.2. The van der Waals surface area contributed by atoms with Crippen LogP contribution >= 0.6 is 0 Å². The van der Waals surface area contributed by atoms with Crippen LogP contribution in [-0.4, -0.2) is 13.2 Å². The van der Waals surface area contributed by atoms with Crippen LogP contribution in [0.4, 0.5) is 17.6 Å². The van der Waals surface area contributed by atoms with E-state index in [1.54, 1.807) is 36.4 Å². The van der Waals surface area contributed by atoms with Gasteiger partial charge in [0.1, 0.15) is 0 Å². The number of halogens is 4. The first-order valence-corrected chi connectivity index (χ1v) is 15.6. The summed E-state index contributed by atoms with van der Waals surface area (Å²) in [5.74, 6) is -3.21. The van der Waals surface area contributed by atoms with Crippen LogP contribution in [0.2, 0.25) is 0 Å². The Kier molecular flexibility index (Phi) is 12.3. The zero-order chi connectivity index (χ0) is 31.5. The Morgan fingerprint density at radius 3 is 1.25 bits per heavy atom. The maximum absolute atomic E-state index is 14.6. The molecule has 234 valence electrons. The molecule has 0 aromatic heterocycles. The predicted octanol–water partition coefficient (Wildman–Crippen LogP) is 11.4. The van der Waals surface area contributed by atoms with Gasteiger partial charge in [-0.05, 0) is 68.0 Å². The summed E-state index contributed by atoms with van der Waals surface area (Å²) in [6, 6.07) is 20.7. The lowest BCUT2D eigenvalue weighted by molar-refractivity contribution is 0.280. The molecule has 0 aliphatic heterocycles. The van der Waals surface area contributed by atoms with Crippen LogP contribution in [-0.2, 0) is 0 Å². The number of hydrogen-bond donors (Lipinski definition) is 0. The molecule has 0 aliphatic rings. The minimum absolute atomic E-state index is 0.0529. The first kappa shape index (κ1) is 33.1. The summed E-state index contributed by atoms with van der Waals surface area (Å²) in [5.41, 5.74) is 3.83. The van der Waals surface area contributed by atoms with E-state index in [0.717, 1.165) is 62.5 Å². The quantitative estimate of drug-likeness (QED) is 0.0933. The molecule has 6 heteroatoms. The van der Waals surface area contributed by atoms with Gasteiger partial charge >= 0.3 is 0 Å². The average molecular weight is 607 g/mol. The standard InChI is InChI=1S/C38H42F4O2/c1-26(10-6-4-8-24-43-33-22-20-31(35(39)37(33)41)29-16-12-27(2)13-17-29)11-7-5-9-25-44-34-23-21-32(36(40)38(34)42)30-18-14-28(3)15-19-30/h12-23,26H,4-11,24-25H2,1-3H3. The third kappa shape index (κ3) is 9.10. The van der Waals surface area contributed by atoms with Crippen LogP contribution in [0.1, 0.15) is 69.4 Å². The zero-order valence-electron chi connectivity index (χ0n) is 25.9. The number of aryl methyl sites for hydroxylation is 2. The highest BCUT2D eigenvalue weighted by molar-refractivity contribution is 5.66. The van der Waals surface area contributed by atoms with Gasteiger partial charge in [-0.25, -0.2) is 8.78 Å². The van der Waals surface area contributed by atoms with E-state index in [9.17, 15) is 17.6 Å². The van der Waals surface area contributed by atoms with Gasteiger partial charge in [-0.1, -0.05) is 105 Å². The van der Waals surface area contributed by atoms with Gasteiger partial charge in [0.15, 0.2) is 23.1 Å². The van der Waals surface area contributed by atoms with E-state index in [2.05, 4.69) is 6.92 Å². The molecule has 0 atom stereocenters. The van der Waals surface area contributed by atoms with Gasteiger partial charge < -0.3 is 9.47 Å². The second-order valence-corrected chi connectivity index (χ2v) is 11.7. The summed E-state index contributed by atoms with van der Waals surface area (Å²) in [6.45, 7) is 6.80. The van der Waals surface area contributed by atoms with Gasteiger partial charge in [0.05, 0.1) is 13.2 Å². The molecule has 0 saturated carbocycles. The minimum Gasteiger partial charge on any atom is -0.490 e. The van der Waals surface area contributed by atoms with E-state index in [-0.39, 0.29) is 22.6 Å². The fourth-order valence-electron chi connectivity index (χ4n) is 5.25. The molecule has 44 heavy (non-hydrogen) atoms. The van der Waals surface area contributed by atoms with Crippen molar-refractivity contribution in [2.75, 3.05) is 13.2 Å². The van der Waals surface area contributed by atoms with Crippen LogP contribution in [0.25, 0.3) is 22.3 Å². The Balaban J connectivity index is 1.06. The normalized spacial score (nSPS) is 11.3. The molecule has 2 nitrogen and oxygen atoms in total. The van der Waals surface area contributed by atoms with E-state index < -0.39 is 23.3 Å². The average Bonchev–Trinajstić information content (AvgIpc) is 3.02. The van der Waals surface area contributed by atoms with E-state index in [1.807, 2.05) is 38.1 Å². The van der Waals surface area contributed by atoms with Crippen LogP contribution in [0.15, 0.2) is 72.8 Å². The summed E-state index contributed by atoms with van der Waals surface area (Å²) in [6.07, 6.45) is 7.71. The molecule has 0 aliphatic carbocycles. The molecule has 4 rings (SSSR count). The van der Waals surface area contributed by atoms with E-state index in [1.165, 1.54) is 12.1 Å². The summed E-state index contributed by atoms with van der Waals surface area (Å²) >= 11 is 0. The van der Waals surface area contributed by atoms with E-state index >= 15 is 0 Å². The van der Waals surface area contributed by atoms with Crippen molar-refractivity contribution in [3.05, 3.63) is 107 Å². The van der Waals surface area contributed by atoms with Gasteiger partial charge in [-0.2, -0.15) is 8.78 Å². The van der Waals surface area contributed by atoms with Gasteiger partial charge in [0, 0.05) is 11.1 Å². The highest BCUT2D eigenvalue weighted by Gasteiger charge is 2.17. The lowest BCUT2D eigenvalue weighted by Crippen LogP contribution is -2.03. The Bertz CT molecular complexity index is 1370. The Morgan fingerprint density at radius 2 is 0.864 bits per heavy atom. The maximum atomic E-state index is 14.6. The molecule has 0 amide bonds. The SMILES string of the molecule is Cc1ccc(-c2ccc(OCCCCCC(C)CCCCCOc3ccc(-c4ccc(C)cc4)c(F)c3F)c(F)c2F)cc1. The summed E-state index contributed by atoms with van der Waals surface area (Å²) in [5, 5.41) is 0. The molecular weight excluding hydrogens is 564 g/mol. The van der Waals surface area contributed by atoms with Crippen molar-refractivity contribution in [1.82, 2.24) is 0 Å². The largest absolute Gasteiger partial charge is 0.490 e. The number of benzene rings is 4. The van der Waals surface area contributed by atoms with Crippen LogP contribution < -0.4 is 9.47 Å². The molecule has 0 heterocycles. The second-order valence-electron chi connectivity index (χ2n) is 11.7. The van der Waals surface area contributed by atoms with Crippen molar-refractivity contribution in [3.8, 4) is 33.8 Å². The minimum atomic E-state index is -0.949. The summed E-state index contributed by atoms with van der Waals surface area (Å²) in [7, 11) is 0. The molecule has 0 unspecified atom stereocenters. The number of hydrogen-bond acceptors (Lipinski definition) is 2. The number of unbranched alkanes of at least 4 members (excludes halogenated alkanes) is 4. The van der Waals surface area contributed by atoms with Gasteiger partial charge in [-0.3, -0.25) is 0 Å². The third-order valence-electron chi connectivity index (χ3n) is 8.02. The van der Waals surface area contributed by atoms with Crippen molar-refractivity contribution in [2.24, 2.45) is 5.92 Å². The summed E-state index contributed by atoms with van der Waals surface area (Å²) < 4.78 is 69.5. The summed E-state index contributed by atoms with van der Waals surface area (Å²) in [4.78, 5) is 0. The van der Waals surface area contributed by atoms with Crippen molar-refractivity contribution >= 4 is 0 Å². The van der Waals surface area contributed by atoms with Gasteiger partial charge in [-0.15, -0.1) is 0 Å². The Morgan fingerprint density at radius 1 is 0.477 bits per heavy atom. The maximum Gasteiger partial charge on any atom is 0.201 e. The first-order chi connectivity index (χ1) is 21.2. The van der Waals surface area contributed by atoms with Crippen molar-refractivity contribution in [3.63, 3.8) is 0 Å². The number of ether oxygens (including phenoxy) is 2. The lowest BCUT2D eigenvalue weighted by atomic mass is 9.97.